The van der Waals surface area contributed by atoms with Crippen molar-refractivity contribution >= 4 is 29.2 Å². The fourth-order valence-electron chi connectivity index (χ4n) is 4.68. The van der Waals surface area contributed by atoms with Crippen LogP contribution in [0.4, 0.5) is 10.5 Å². The van der Waals surface area contributed by atoms with Gasteiger partial charge in [0.1, 0.15) is 6.10 Å². The summed E-state index contributed by atoms with van der Waals surface area (Å²) in [6, 6.07) is 6.34. The number of nitrogens with one attached hydrogen (secondary N) is 1. The van der Waals surface area contributed by atoms with Crippen LogP contribution in [0.1, 0.15) is 19.3 Å². The van der Waals surface area contributed by atoms with Gasteiger partial charge in [-0.1, -0.05) is 11.6 Å². The van der Waals surface area contributed by atoms with E-state index >= 15 is 0 Å². The largest absolute Gasteiger partial charge is 0.389 e. The molecule has 3 saturated heterocycles. The lowest BCUT2D eigenvalue weighted by molar-refractivity contribution is -0.155. The number of likely N-dealkylation sites (N-methyl/N-ethyl adjacent to an activating group) is 1. The van der Waals surface area contributed by atoms with Crippen molar-refractivity contribution in [1.29, 1.82) is 0 Å². The van der Waals surface area contributed by atoms with Gasteiger partial charge >= 0.3 is 6.03 Å². The van der Waals surface area contributed by atoms with Crippen LogP contribution in [0.3, 0.4) is 0 Å². The molecule has 3 aliphatic rings. The van der Waals surface area contributed by atoms with Gasteiger partial charge in [-0.15, -0.1) is 0 Å². The van der Waals surface area contributed by atoms with Crippen LogP contribution >= 0.6 is 11.6 Å². The molecule has 33 heavy (non-hydrogen) atoms. The molecule has 182 valence electrons. The summed E-state index contributed by atoms with van der Waals surface area (Å²) in [5.74, 6) is 0.117. The summed E-state index contributed by atoms with van der Waals surface area (Å²) in [6.45, 7) is 3.80. The van der Waals surface area contributed by atoms with Crippen molar-refractivity contribution in [2.24, 2.45) is 0 Å². The standard InChI is InChI=1S/C23H33ClN4O5/c1-26-8-10-27(11-9-26)22(30)12-19-6-7-20-21(33-19)15-32-14-18(29)13-28(20)23(31)25-17-4-2-16(24)3-5-17/h2-5,18-21,29H,6-15H2,1H3,(H,25,31)/t18-,19-,20-,21+/m0/s1. The third-order valence-electron chi connectivity index (χ3n) is 6.60. The Morgan fingerprint density at radius 2 is 1.85 bits per heavy atom. The number of halogens is 1. The smallest absolute Gasteiger partial charge is 0.322 e. The number of aliphatic hydroxyl groups excluding tert-OH is 1. The number of hydrogen-bond acceptors (Lipinski definition) is 6. The van der Waals surface area contributed by atoms with Crippen molar-refractivity contribution in [3.63, 3.8) is 0 Å². The highest BCUT2D eigenvalue weighted by Crippen LogP contribution is 2.29. The fourth-order valence-corrected chi connectivity index (χ4v) is 4.81. The van der Waals surface area contributed by atoms with Crippen LogP contribution in [0, 0.1) is 0 Å². The number of aliphatic hydroxyl groups is 1. The van der Waals surface area contributed by atoms with E-state index in [4.69, 9.17) is 21.1 Å². The van der Waals surface area contributed by atoms with Crippen LogP contribution in [0.2, 0.25) is 5.02 Å². The number of rotatable bonds is 3. The van der Waals surface area contributed by atoms with E-state index in [2.05, 4.69) is 17.3 Å². The lowest BCUT2D eigenvalue weighted by atomic mass is 9.94. The van der Waals surface area contributed by atoms with E-state index in [0.29, 0.717) is 30.0 Å². The second-order valence-corrected chi connectivity index (χ2v) is 9.55. The lowest BCUT2D eigenvalue weighted by Crippen LogP contribution is -2.58. The molecule has 0 unspecified atom stereocenters. The molecule has 3 heterocycles. The summed E-state index contributed by atoms with van der Waals surface area (Å²) in [5, 5.41) is 13.8. The number of ether oxygens (including phenoxy) is 2. The Kier molecular flexibility index (Phi) is 8.08. The van der Waals surface area contributed by atoms with Crippen LogP contribution in [-0.2, 0) is 14.3 Å². The third-order valence-corrected chi connectivity index (χ3v) is 6.85. The Hall–Kier alpha value is -1.91. The molecule has 10 heteroatoms. The minimum absolute atomic E-state index is 0.117. The maximum atomic E-state index is 13.1. The number of fused-ring (bicyclic) bond motifs is 1. The minimum atomic E-state index is -0.779. The van der Waals surface area contributed by atoms with E-state index < -0.39 is 6.10 Å². The first-order valence-corrected chi connectivity index (χ1v) is 12.0. The third kappa shape index (κ3) is 6.36. The zero-order chi connectivity index (χ0) is 23.4. The quantitative estimate of drug-likeness (QED) is 0.683. The lowest BCUT2D eigenvalue weighted by Gasteiger charge is -2.44. The van der Waals surface area contributed by atoms with Gasteiger partial charge in [0.15, 0.2) is 0 Å². The molecule has 9 nitrogen and oxygen atoms in total. The molecular weight excluding hydrogens is 448 g/mol. The number of benzene rings is 1. The Labute approximate surface area is 199 Å². The van der Waals surface area contributed by atoms with E-state index in [1.807, 2.05) is 4.90 Å². The summed E-state index contributed by atoms with van der Waals surface area (Å²) < 4.78 is 11.9. The van der Waals surface area contributed by atoms with E-state index in [-0.39, 0.29) is 49.9 Å². The average Bonchev–Trinajstić information content (AvgIpc) is 2.78. The molecule has 3 fully saturated rings. The second-order valence-electron chi connectivity index (χ2n) is 9.11. The zero-order valence-electron chi connectivity index (χ0n) is 19.0. The molecule has 3 amide bonds. The van der Waals surface area contributed by atoms with Crippen LogP contribution in [-0.4, -0.2) is 109 Å². The van der Waals surface area contributed by atoms with Crippen molar-refractivity contribution in [1.82, 2.24) is 14.7 Å². The number of nitrogens with zero attached hydrogens (tertiary/aromatic N) is 3. The van der Waals surface area contributed by atoms with Crippen LogP contribution < -0.4 is 5.32 Å². The van der Waals surface area contributed by atoms with E-state index in [0.717, 1.165) is 26.2 Å². The number of hydrogen-bond donors (Lipinski definition) is 2. The molecule has 0 radical (unpaired) electrons. The van der Waals surface area contributed by atoms with Gasteiger partial charge in [-0.25, -0.2) is 4.79 Å². The van der Waals surface area contributed by atoms with Gasteiger partial charge < -0.3 is 34.6 Å². The number of urea groups is 1. The summed E-state index contributed by atoms with van der Waals surface area (Å²) in [5.41, 5.74) is 0.626. The first kappa shape index (κ1) is 24.2. The van der Waals surface area contributed by atoms with Crippen molar-refractivity contribution in [3.05, 3.63) is 29.3 Å². The molecule has 0 spiro atoms. The monoisotopic (exact) mass is 480 g/mol. The minimum Gasteiger partial charge on any atom is -0.389 e. The Balaban J connectivity index is 1.39. The van der Waals surface area contributed by atoms with Crippen LogP contribution in [0.15, 0.2) is 24.3 Å². The van der Waals surface area contributed by atoms with Gasteiger partial charge in [-0.2, -0.15) is 0 Å². The Morgan fingerprint density at radius 1 is 1.12 bits per heavy atom. The molecule has 1 aromatic carbocycles. The molecule has 0 aromatic heterocycles. The number of anilines is 1. The summed E-state index contributed by atoms with van der Waals surface area (Å²) in [4.78, 5) is 31.7. The van der Waals surface area contributed by atoms with E-state index in [1.165, 1.54) is 0 Å². The van der Waals surface area contributed by atoms with Crippen molar-refractivity contribution in [2.75, 3.05) is 58.3 Å². The number of β-amino-alcohol motifs (C(OH)–C–C–N with tert-alkyl or cyclic N) is 1. The topological polar surface area (TPSA) is 94.6 Å². The predicted octanol–water partition coefficient (Wildman–Crippen LogP) is 1.65. The maximum absolute atomic E-state index is 13.1. The van der Waals surface area contributed by atoms with Crippen LogP contribution in [0.5, 0.6) is 0 Å². The maximum Gasteiger partial charge on any atom is 0.322 e. The SMILES string of the molecule is CN1CCN(C(=O)C[C@@H]2CC[C@H]3[C@@H](COC[C@@H](O)CN3C(=O)Nc3ccc(Cl)cc3)O2)CC1. The molecule has 4 atom stereocenters. The molecule has 0 saturated carbocycles. The van der Waals surface area contributed by atoms with Crippen LogP contribution in [0.25, 0.3) is 0 Å². The number of piperazine rings is 1. The summed E-state index contributed by atoms with van der Waals surface area (Å²) >= 11 is 5.94. The molecule has 0 bridgehead atoms. The summed E-state index contributed by atoms with van der Waals surface area (Å²) in [6.07, 6.45) is 0.349. The van der Waals surface area contributed by atoms with Gasteiger partial charge in [-0.05, 0) is 44.2 Å². The van der Waals surface area contributed by atoms with Gasteiger partial charge in [0, 0.05) is 36.9 Å². The van der Waals surface area contributed by atoms with Gasteiger partial charge in [0.25, 0.3) is 0 Å². The molecule has 0 aliphatic carbocycles. The average molecular weight is 481 g/mol. The number of amides is 3. The molecule has 3 aliphatic heterocycles. The molecule has 1 aromatic rings. The molecule has 2 N–H and O–H groups in total. The van der Waals surface area contributed by atoms with Gasteiger partial charge in [0.05, 0.1) is 44.4 Å². The van der Waals surface area contributed by atoms with Crippen molar-refractivity contribution < 1.29 is 24.2 Å². The van der Waals surface area contributed by atoms with Gasteiger partial charge in [0.2, 0.25) is 5.91 Å². The predicted molar refractivity (Wildman–Crippen MR) is 124 cm³/mol. The first-order chi connectivity index (χ1) is 15.9. The highest BCUT2D eigenvalue weighted by Gasteiger charge is 2.40. The van der Waals surface area contributed by atoms with E-state index in [9.17, 15) is 14.7 Å². The van der Waals surface area contributed by atoms with Crippen molar-refractivity contribution in [2.45, 2.75) is 43.6 Å². The zero-order valence-corrected chi connectivity index (χ0v) is 19.7. The number of carbonyl (C=O) groups is 2. The highest BCUT2D eigenvalue weighted by atomic mass is 35.5. The second kappa shape index (κ2) is 11.0. The van der Waals surface area contributed by atoms with Gasteiger partial charge in [-0.3, -0.25) is 4.79 Å². The Bertz CT molecular complexity index is 818. The highest BCUT2D eigenvalue weighted by molar-refractivity contribution is 6.30. The molecular formula is C23H33ClN4O5. The van der Waals surface area contributed by atoms with Crippen molar-refractivity contribution in [3.8, 4) is 0 Å². The normalized spacial score (nSPS) is 29.1. The van der Waals surface area contributed by atoms with E-state index in [1.54, 1.807) is 29.2 Å². The number of carbonyl (C=O) groups excluding carboxylic acids is 2. The molecule has 4 rings (SSSR count). The first-order valence-electron chi connectivity index (χ1n) is 11.6. The fraction of sp³-hybridized carbons (Fsp3) is 0.652. The summed E-state index contributed by atoms with van der Waals surface area (Å²) in [7, 11) is 2.06. The Morgan fingerprint density at radius 3 is 2.58 bits per heavy atom.